The van der Waals surface area contributed by atoms with E-state index in [9.17, 15) is 8.42 Å². The molecule has 3 N–H and O–H groups in total. The molecule has 0 amide bonds. The molecule has 0 unspecified atom stereocenters. The maximum Gasteiger partial charge on any atom is 0.225 e. The van der Waals surface area contributed by atoms with Gasteiger partial charge in [-0.3, -0.25) is 5.10 Å². The van der Waals surface area contributed by atoms with E-state index in [2.05, 4.69) is 10.2 Å². The fraction of sp³-hybridized carbons (Fsp3) is 0. The van der Waals surface area contributed by atoms with Crippen molar-refractivity contribution in [2.75, 3.05) is 5.73 Å². The first-order chi connectivity index (χ1) is 9.10. The van der Waals surface area contributed by atoms with Gasteiger partial charge in [-0.25, -0.2) is 8.42 Å². The van der Waals surface area contributed by atoms with Gasteiger partial charge in [-0.2, -0.15) is 5.10 Å². The van der Waals surface area contributed by atoms with E-state index >= 15 is 0 Å². The first-order valence-electron chi connectivity index (χ1n) is 5.63. The van der Waals surface area contributed by atoms with E-state index in [4.69, 9.17) is 5.73 Å². The average molecular weight is 273 g/mol. The number of fused-ring (bicyclic) bond motifs is 1. The van der Waals surface area contributed by atoms with Crippen molar-refractivity contribution in [1.29, 1.82) is 0 Å². The van der Waals surface area contributed by atoms with Crippen LogP contribution in [-0.2, 0) is 9.84 Å². The molecule has 3 aromatic rings. The van der Waals surface area contributed by atoms with Crippen LogP contribution in [0.5, 0.6) is 0 Å². The zero-order valence-corrected chi connectivity index (χ0v) is 10.7. The van der Waals surface area contributed by atoms with Gasteiger partial charge < -0.3 is 5.73 Å². The Bertz CT molecular complexity index is 853. The Balaban J connectivity index is 2.29. The number of aromatic nitrogens is 2. The molecule has 6 heteroatoms. The lowest BCUT2D eigenvalue weighted by Crippen LogP contribution is -2.06. The number of H-pyrrole nitrogens is 1. The lowest BCUT2D eigenvalue weighted by atomic mass is 10.3. The first kappa shape index (κ1) is 11.7. The van der Waals surface area contributed by atoms with Crippen molar-refractivity contribution in [3.05, 3.63) is 48.5 Å². The molecule has 0 bridgehead atoms. The first-order valence-corrected chi connectivity index (χ1v) is 7.12. The number of hydrogen-bond acceptors (Lipinski definition) is 4. The highest BCUT2D eigenvalue weighted by molar-refractivity contribution is 7.91. The van der Waals surface area contributed by atoms with Crippen LogP contribution in [0.1, 0.15) is 0 Å². The second-order valence-corrected chi connectivity index (χ2v) is 5.97. The molecule has 3 rings (SSSR count). The molecular formula is C13H11N3O2S. The summed E-state index contributed by atoms with van der Waals surface area (Å²) < 4.78 is 25.2. The summed E-state index contributed by atoms with van der Waals surface area (Å²) in [6.07, 6.45) is 0. The van der Waals surface area contributed by atoms with E-state index in [1.54, 1.807) is 42.5 Å². The normalized spacial score (nSPS) is 11.8. The lowest BCUT2D eigenvalue weighted by molar-refractivity contribution is 0.593. The van der Waals surface area contributed by atoms with Crippen molar-refractivity contribution in [3.8, 4) is 0 Å². The van der Waals surface area contributed by atoms with Gasteiger partial charge in [0, 0.05) is 5.39 Å². The van der Waals surface area contributed by atoms with E-state index in [1.807, 2.05) is 0 Å². The molecule has 0 saturated carbocycles. The third-order valence-corrected chi connectivity index (χ3v) is 4.70. The summed E-state index contributed by atoms with van der Waals surface area (Å²) in [4.78, 5) is 0.0874. The van der Waals surface area contributed by atoms with Gasteiger partial charge in [-0.05, 0) is 24.3 Å². The molecule has 19 heavy (non-hydrogen) atoms. The average Bonchev–Trinajstić information content (AvgIpc) is 2.83. The number of aromatic amines is 1. The van der Waals surface area contributed by atoms with E-state index in [1.165, 1.54) is 6.07 Å². The van der Waals surface area contributed by atoms with Crippen molar-refractivity contribution < 1.29 is 8.42 Å². The minimum atomic E-state index is -3.70. The van der Waals surface area contributed by atoms with Crippen LogP contribution in [0.15, 0.2) is 58.5 Å². The number of benzene rings is 2. The van der Waals surface area contributed by atoms with Crippen LogP contribution in [0.25, 0.3) is 10.9 Å². The Morgan fingerprint density at radius 1 is 1.00 bits per heavy atom. The van der Waals surface area contributed by atoms with Crippen molar-refractivity contribution in [2.45, 2.75) is 9.92 Å². The standard InChI is InChI=1S/C13H11N3O2S/c14-10-6-2-4-8-12(10)19(17,18)13-9-5-1-3-7-11(9)15-16-13/h1-8H,14H2,(H,15,16). The Kier molecular flexibility index (Phi) is 2.53. The quantitative estimate of drug-likeness (QED) is 0.699. The topological polar surface area (TPSA) is 88.8 Å². The molecule has 5 nitrogen and oxygen atoms in total. The number of nitrogens with zero attached hydrogens (tertiary/aromatic N) is 1. The van der Waals surface area contributed by atoms with Crippen molar-refractivity contribution in [2.24, 2.45) is 0 Å². The molecule has 0 saturated heterocycles. The summed E-state index contributed by atoms with van der Waals surface area (Å²) in [5, 5.41) is 7.21. The maximum atomic E-state index is 12.6. The molecular weight excluding hydrogens is 262 g/mol. The van der Waals surface area contributed by atoms with Gasteiger partial charge >= 0.3 is 0 Å². The Hall–Kier alpha value is -2.34. The van der Waals surface area contributed by atoms with Crippen molar-refractivity contribution >= 4 is 26.4 Å². The van der Waals surface area contributed by atoms with Crippen LogP contribution >= 0.6 is 0 Å². The number of nitrogen functional groups attached to an aromatic ring is 1. The maximum absolute atomic E-state index is 12.6. The third-order valence-electron chi connectivity index (χ3n) is 2.90. The van der Waals surface area contributed by atoms with Crippen molar-refractivity contribution in [1.82, 2.24) is 10.2 Å². The summed E-state index contributed by atoms with van der Waals surface area (Å²) in [5.74, 6) is 0. The Morgan fingerprint density at radius 2 is 1.68 bits per heavy atom. The SMILES string of the molecule is Nc1ccccc1S(=O)(=O)c1[nH]nc2ccccc12. The van der Waals surface area contributed by atoms with E-state index in [0.29, 0.717) is 10.9 Å². The Labute approximate surface area is 110 Å². The number of para-hydroxylation sites is 2. The largest absolute Gasteiger partial charge is 0.398 e. The number of anilines is 1. The molecule has 0 aliphatic carbocycles. The minimum absolute atomic E-state index is 0.0704. The smallest absolute Gasteiger partial charge is 0.225 e. The van der Waals surface area contributed by atoms with Gasteiger partial charge in [-0.15, -0.1) is 0 Å². The molecule has 96 valence electrons. The van der Waals surface area contributed by atoms with Gasteiger partial charge in [-0.1, -0.05) is 24.3 Å². The van der Waals surface area contributed by atoms with Crippen LogP contribution in [0.2, 0.25) is 0 Å². The second kappa shape index (κ2) is 4.10. The van der Waals surface area contributed by atoms with Crippen LogP contribution in [0.4, 0.5) is 5.69 Å². The molecule has 0 atom stereocenters. The fourth-order valence-corrected chi connectivity index (χ4v) is 3.46. The molecule has 2 aromatic carbocycles. The van der Waals surface area contributed by atoms with Crippen LogP contribution in [0.3, 0.4) is 0 Å². The number of sulfone groups is 1. The van der Waals surface area contributed by atoms with Crippen molar-refractivity contribution in [3.63, 3.8) is 0 Å². The number of nitrogens with one attached hydrogen (secondary N) is 1. The molecule has 1 heterocycles. The third kappa shape index (κ3) is 1.77. The van der Waals surface area contributed by atoms with Gasteiger partial charge in [0.2, 0.25) is 9.84 Å². The van der Waals surface area contributed by atoms with E-state index in [-0.39, 0.29) is 15.6 Å². The van der Waals surface area contributed by atoms with Gasteiger partial charge in [0.25, 0.3) is 0 Å². The van der Waals surface area contributed by atoms with Crippen LogP contribution in [0, 0.1) is 0 Å². The van der Waals surface area contributed by atoms with Gasteiger partial charge in [0.05, 0.1) is 16.1 Å². The second-order valence-electron chi connectivity index (χ2n) is 4.11. The number of hydrogen-bond donors (Lipinski definition) is 2. The number of rotatable bonds is 2. The molecule has 1 aromatic heterocycles. The summed E-state index contributed by atoms with van der Waals surface area (Å²) >= 11 is 0. The summed E-state index contributed by atoms with van der Waals surface area (Å²) in [6, 6.07) is 13.4. The monoisotopic (exact) mass is 273 g/mol. The molecule has 0 radical (unpaired) electrons. The van der Waals surface area contributed by atoms with Crippen LogP contribution in [-0.4, -0.2) is 18.6 Å². The predicted molar refractivity (Wildman–Crippen MR) is 72.4 cm³/mol. The highest BCUT2D eigenvalue weighted by Gasteiger charge is 2.24. The highest BCUT2D eigenvalue weighted by atomic mass is 32.2. The summed E-state index contributed by atoms with van der Waals surface area (Å²) in [5.41, 5.74) is 6.57. The zero-order valence-electron chi connectivity index (χ0n) is 9.87. The highest BCUT2D eigenvalue weighted by Crippen LogP contribution is 2.28. The Morgan fingerprint density at radius 3 is 2.47 bits per heavy atom. The molecule has 0 aliphatic heterocycles. The zero-order chi connectivity index (χ0) is 13.5. The summed E-state index contributed by atoms with van der Waals surface area (Å²) in [6.45, 7) is 0. The molecule has 0 fully saturated rings. The summed E-state index contributed by atoms with van der Waals surface area (Å²) in [7, 11) is -3.70. The van der Waals surface area contributed by atoms with Crippen LogP contribution < -0.4 is 5.73 Å². The molecule has 0 spiro atoms. The van der Waals surface area contributed by atoms with E-state index in [0.717, 1.165) is 0 Å². The minimum Gasteiger partial charge on any atom is -0.398 e. The van der Waals surface area contributed by atoms with Gasteiger partial charge in [0.1, 0.15) is 0 Å². The molecule has 0 aliphatic rings. The van der Waals surface area contributed by atoms with E-state index < -0.39 is 9.84 Å². The predicted octanol–water partition coefficient (Wildman–Crippen LogP) is 1.98. The lowest BCUT2D eigenvalue weighted by Gasteiger charge is -2.05. The fourth-order valence-electron chi connectivity index (χ4n) is 1.97. The number of nitrogens with two attached hydrogens (primary N) is 1. The van der Waals surface area contributed by atoms with Gasteiger partial charge in [0.15, 0.2) is 5.03 Å².